The molecule has 2 aromatic carbocycles. The quantitative estimate of drug-likeness (QED) is 0.702. The average Bonchev–Trinajstić information content (AvgIpc) is 2.62. The fourth-order valence-corrected chi connectivity index (χ4v) is 4.27. The second kappa shape index (κ2) is 8.83. The molecule has 4 nitrogen and oxygen atoms in total. The summed E-state index contributed by atoms with van der Waals surface area (Å²) >= 11 is 10.1. The van der Waals surface area contributed by atoms with Crippen molar-refractivity contribution < 1.29 is 8.76 Å². The van der Waals surface area contributed by atoms with Crippen LogP contribution in [0, 0.1) is 0 Å². The third-order valence-corrected chi connectivity index (χ3v) is 6.15. The monoisotopic (exact) mass is 411 g/mol. The molecular weight excluding hydrogens is 391 g/mol. The van der Waals surface area contributed by atoms with Gasteiger partial charge in [-0.2, -0.15) is 0 Å². The SMILES string of the molecule is CNC1CCC(c2ccc(Cl)c(Cl)c2)c2cc(CCNS(=O)[O-])ccc21. The third kappa shape index (κ3) is 4.47. The van der Waals surface area contributed by atoms with Crippen LogP contribution >= 0.6 is 23.2 Å². The van der Waals surface area contributed by atoms with E-state index in [0.29, 0.717) is 29.1 Å². The van der Waals surface area contributed by atoms with Crippen LogP contribution in [0.4, 0.5) is 0 Å². The molecular formula is C19H21Cl2N2O2S-. The number of hydrogen-bond donors (Lipinski definition) is 2. The topological polar surface area (TPSA) is 64.2 Å². The number of nitrogens with one attached hydrogen (secondary N) is 2. The first kappa shape index (κ1) is 19.8. The lowest BCUT2D eigenvalue weighted by molar-refractivity contribution is 0.470. The van der Waals surface area contributed by atoms with Crippen molar-refractivity contribution in [3.63, 3.8) is 0 Å². The maximum Gasteiger partial charge on any atom is 0.0595 e. The summed E-state index contributed by atoms with van der Waals surface area (Å²) in [5, 5.41) is 4.52. The van der Waals surface area contributed by atoms with E-state index < -0.39 is 11.3 Å². The van der Waals surface area contributed by atoms with Gasteiger partial charge in [0.2, 0.25) is 0 Å². The molecule has 0 saturated carbocycles. The van der Waals surface area contributed by atoms with E-state index in [1.54, 1.807) is 0 Å². The molecule has 3 atom stereocenters. The molecule has 1 aliphatic carbocycles. The summed E-state index contributed by atoms with van der Waals surface area (Å²) in [6.07, 6.45) is 2.72. The molecule has 0 bridgehead atoms. The summed E-state index contributed by atoms with van der Waals surface area (Å²) in [5.41, 5.74) is 4.84. The molecule has 3 unspecified atom stereocenters. The molecule has 0 fully saturated rings. The highest BCUT2D eigenvalue weighted by molar-refractivity contribution is 7.77. The number of benzene rings is 2. The molecule has 2 aromatic rings. The largest absolute Gasteiger partial charge is 0.760 e. The summed E-state index contributed by atoms with van der Waals surface area (Å²) in [4.78, 5) is 0. The van der Waals surface area contributed by atoms with Crippen LogP contribution in [-0.2, 0) is 17.7 Å². The van der Waals surface area contributed by atoms with Gasteiger partial charge in [-0.3, -0.25) is 4.21 Å². The van der Waals surface area contributed by atoms with Crippen molar-refractivity contribution in [1.29, 1.82) is 0 Å². The Morgan fingerprint density at radius 2 is 1.92 bits per heavy atom. The Bertz CT molecular complexity index is 816. The van der Waals surface area contributed by atoms with E-state index in [4.69, 9.17) is 23.2 Å². The molecule has 0 aromatic heterocycles. The molecule has 0 aliphatic heterocycles. The van der Waals surface area contributed by atoms with Gasteiger partial charge in [0.15, 0.2) is 0 Å². The van der Waals surface area contributed by atoms with Crippen LogP contribution in [0.3, 0.4) is 0 Å². The van der Waals surface area contributed by atoms with Gasteiger partial charge in [0, 0.05) is 29.8 Å². The van der Waals surface area contributed by atoms with Gasteiger partial charge in [-0.15, -0.1) is 0 Å². The van der Waals surface area contributed by atoms with E-state index in [-0.39, 0.29) is 5.92 Å². The maximum absolute atomic E-state index is 10.7. The predicted molar refractivity (Wildman–Crippen MR) is 106 cm³/mol. The van der Waals surface area contributed by atoms with Crippen molar-refractivity contribution in [3.8, 4) is 0 Å². The van der Waals surface area contributed by atoms with Gasteiger partial charge < -0.3 is 9.87 Å². The molecule has 140 valence electrons. The number of hydrogen-bond acceptors (Lipinski definition) is 3. The molecule has 3 rings (SSSR count). The van der Waals surface area contributed by atoms with Gasteiger partial charge in [-0.1, -0.05) is 47.5 Å². The minimum Gasteiger partial charge on any atom is -0.760 e. The Morgan fingerprint density at radius 3 is 2.62 bits per heavy atom. The van der Waals surface area contributed by atoms with Crippen LogP contribution in [0.25, 0.3) is 0 Å². The lowest BCUT2D eigenvalue weighted by Gasteiger charge is -2.32. The van der Waals surface area contributed by atoms with E-state index >= 15 is 0 Å². The Balaban J connectivity index is 1.94. The van der Waals surface area contributed by atoms with Gasteiger partial charge in [-0.25, -0.2) is 4.72 Å². The lowest BCUT2D eigenvalue weighted by Crippen LogP contribution is -2.25. The smallest absolute Gasteiger partial charge is 0.0595 e. The molecule has 0 radical (unpaired) electrons. The molecule has 0 amide bonds. The standard InChI is InChI=1S/C19H22Cl2N2O2S/c1-22-19-7-5-14(13-3-6-17(20)18(21)11-13)16-10-12(2-4-15(16)19)8-9-23-26(24)25/h2-4,6,10-11,14,19,22-23H,5,7-9H2,1H3,(H,24,25)/p-1. The van der Waals surface area contributed by atoms with Gasteiger partial charge in [0.25, 0.3) is 0 Å². The summed E-state index contributed by atoms with van der Waals surface area (Å²) in [6, 6.07) is 12.6. The molecule has 0 saturated heterocycles. The second-order valence-electron chi connectivity index (χ2n) is 6.49. The van der Waals surface area contributed by atoms with Crippen molar-refractivity contribution in [3.05, 3.63) is 68.7 Å². The minimum absolute atomic E-state index is 0.255. The highest BCUT2D eigenvalue weighted by Crippen LogP contribution is 2.42. The van der Waals surface area contributed by atoms with Crippen molar-refractivity contribution in [2.24, 2.45) is 0 Å². The molecule has 7 heteroatoms. The Morgan fingerprint density at radius 1 is 1.12 bits per heavy atom. The number of rotatable bonds is 6. The van der Waals surface area contributed by atoms with Crippen molar-refractivity contribution >= 4 is 34.5 Å². The van der Waals surface area contributed by atoms with Gasteiger partial charge in [0.05, 0.1) is 10.0 Å². The van der Waals surface area contributed by atoms with E-state index in [9.17, 15) is 8.76 Å². The zero-order valence-electron chi connectivity index (χ0n) is 14.4. The zero-order chi connectivity index (χ0) is 18.7. The zero-order valence-corrected chi connectivity index (χ0v) is 16.8. The molecule has 0 spiro atoms. The van der Waals surface area contributed by atoms with Gasteiger partial charge >= 0.3 is 0 Å². The second-order valence-corrected chi connectivity index (χ2v) is 8.06. The molecule has 0 heterocycles. The van der Waals surface area contributed by atoms with Crippen molar-refractivity contribution in [2.75, 3.05) is 13.6 Å². The molecule has 2 N–H and O–H groups in total. The predicted octanol–water partition coefficient (Wildman–Crippen LogP) is 4.11. The molecule has 26 heavy (non-hydrogen) atoms. The summed E-state index contributed by atoms with van der Waals surface area (Å²) in [7, 11) is 1.98. The minimum atomic E-state index is -2.23. The normalized spacial score (nSPS) is 20.6. The van der Waals surface area contributed by atoms with Gasteiger partial charge in [0.1, 0.15) is 0 Å². The summed E-state index contributed by atoms with van der Waals surface area (Å²) in [6.45, 7) is 0.391. The highest BCUT2D eigenvalue weighted by atomic mass is 35.5. The lowest BCUT2D eigenvalue weighted by atomic mass is 9.76. The maximum atomic E-state index is 10.7. The summed E-state index contributed by atoms with van der Waals surface area (Å²) in [5.74, 6) is 0.255. The van der Waals surface area contributed by atoms with Crippen LogP contribution in [0.1, 0.15) is 47.1 Å². The highest BCUT2D eigenvalue weighted by Gasteiger charge is 2.28. The first-order valence-electron chi connectivity index (χ1n) is 8.57. The Labute approximate surface area is 166 Å². The van der Waals surface area contributed by atoms with Crippen LogP contribution in [0.15, 0.2) is 36.4 Å². The van der Waals surface area contributed by atoms with Gasteiger partial charge in [-0.05, 0) is 60.7 Å². The van der Waals surface area contributed by atoms with E-state index in [1.165, 1.54) is 11.1 Å². The van der Waals surface area contributed by atoms with E-state index in [0.717, 1.165) is 24.0 Å². The van der Waals surface area contributed by atoms with E-state index in [2.05, 4.69) is 28.2 Å². The first-order valence-corrected chi connectivity index (χ1v) is 10.4. The third-order valence-electron chi connectivity index (χ3n) is 4.97. The van der Waals surface area contributed by atoms with Crippen molar-refractivity contribution in [1.82, 2.24) is 10.0 Å². The fraction of sp³-hybridized carbons (Fsp3) is 0.368. The Kier molecular flexibility index (Phi) is 6.72. The molecule has 1 aliphatic rings. The Hall–Kier alpha value is -0.950. The van der Waals surface area contributed by atoms with E-state index in [1.807, 2.05) is 25.2 Å². The van der Waals surface area contributed by atoms with Crippen molar-refractivity contribution in [2.45, 2.75) is 31.2 Å². The average molecular weight is 412 g/mol. The van der Waals surface area contributed by atoms with Crippen LogP contribution in [-0.4, -0.2) is 22.4 Å². The summed E-state index contributed by atoms with van der Waals surface area (Å²) < 4.78 is 23.7. The van der Waals surface area contributed by atoms with Crippen LogP contribution in [0.5, 0.6) is 0 Å². The number of fused-ring (bicyclic) bond motifs is 1. The van der Waals surface area contributed by atoms with Crippen LogP contribution < -0.4 is 10.0 Å². The number of halogens is 2. The first-order chi connectivity index (χ1) is 12.5. The fourth-order valence-electron chi connectivity index (χ4n) is 3.70. The van der Waals surface area contributed by atoms with Crippen LogP contribution in [0.2, 0.25) is 10.0 Å².